The predicted octanol–water partition coefficient (Wildman–Crippen LogP) is 3.26. The Morgan fingerprint density at radius 2 is 1.89 bits per heavy atom. The molecule has 0 radical (unpaired) electrons. The second-order valence-electron chi connectivity index (χ2n) is 5.93. The summed E-state index contributed by atoms with van der Waals surface area (Å²) < 4.78 is 2.11. The van der Waals surface area contributed by atoms with Crippen molar-refractivity contribution in [1.29, 1.82) is 0 Å². The molecule has 0 aliphatic carbocycles. The summed E-state index contributed by atoms with van der Waals surface area (Å²) in [6.45, 7) is 6.38. The van der Waals surface area contributed by atoms with Gasteiger partial charge in [0.15, 0.2) is 5.82 Å². The summed E-state index contributed by atoms with van der Waals surface area (Å²) in [5.41, 5.74) is 2.25. The largest absolute Gasteiger partial charge is 0.350 e. The lowest BCUT2D eigenvalue weighted by Crippen LogP contribution is -2.13. The van der Waals surface area contributed by atoms with E-state index < -0.39 is 0 Å². The first-order valence-corrected chi connectivity index (χ1v) is 6.44. The smallest absolute Gasteiger partial charge is 0.183 e. The van der Waals surface area contributed by atoms with E-state index >= 15 is 0 Å². The van der Waals surface area contributed by atoms with Gasteiger partial charge in [-0.15, -0.1) is 0 Å². The molecule has 98 valence electrons. The molecule has 3 rings (SSSR count). The van der Waals surface area contributed by atoms with Crippen LogP contribution in [0.2, 0.25) is 0 Å². The molecular formula is C15H18N4. The maximum Gasteiger partial charge on any atom is 0.183 e. The number of H-pyrrole nitrogens is 1. The van der Waals surface area contributed by atoms with E-state index in [1.54, 1.807) is 0 Å². The molecule has 0 fully saturated rings. The first-order valence-electron chi connectivity index (χ1n) is 6.44. The highest BCUT2D eigenvalue weighted by Crippen LogP contribution is 2.29. The first kappa shape index (κ1) is 12.0. The third-order valence-electron chi connectivity index (χ3n) is 3.33. The quantitative estimate of drug-likeness (QED) is 0.724. The van der Waals surface area contributed by atoms with Gasteiger partial charge in [0.2, 0.25) is 0 Å². The molecule has 0 saturated heterocycles. The molecule has 0 bridgehead atoms. The lowest BCUT2D eigenvalue weighted by atomic mass is 9.96. The number of benzene rings is 1. The third kappa shape index (κ3) is 1.93. The van der Waals surface area contributed by atoms with E-state index in [-0.39, 0.29) is 5.41 Å². The van der Waals surface area contributed by atoms with Crippen molar-refractivity contribution in [3.05, 3.63) is 36.3 Å². The Morgan fingerprint density at radius 3 is 2.58 bits per heavy atom. The zero-order valence-corrected chi connectivity index (χ0v) is 11.7. The van der Waals surface area contributed by atoms with Gasteiger partial charge in [0.25, 0.3) is 0 Å². The molecule has 0 aliphatic heterocycles. The number of nitrogens with one attached hydrogen (secondary N) is 1. The SMILES string of the molecule is Cn1cc(-c2n[nH]c(C(C)(C)C)n2)c2ccccc21. The van der Waals surface area contributed by atoms with Gasteiger partial charge in [-0.05, 0) is 6.07 Å². The average molecular weight is 254 g/mol. The molecule has 3 aromatic rings. The molecule has 0 aliphatic rings. The number of nitrogens with zero attached hydrogens (tertiary/aromatic N) is 3. The van der Waals surface area contributed by atoms with Gasteiger partial charge >= 0.3 is 0 Å². The van der Waals surface area contributed by atoms with Gasteiger partial charge in [-0.2, -0.15) is 5.10 Å². The van der Waals surface area contributed by atoms with Crippen LogP contribution in [-0.4, -0.2) is 19.7 Å². The minimum Gasteiger partial charge on any atom is -0.350 e. The highest BCUT2D eigenvalue weighted by Gasteiger charge is 2.20. The van der Waals surface area contributed by atoms with Crippen LogP contribution in [-0.2, 0) is 12.5 Å². The highest BCUT2D eigenvalue weighted by molar-refractivity contribution is 5.94. The van der Waals surface area contributed by atoms with E-state index in [9.17, 15) is 0 Å². The molecular weight excluding hydrogens is 236 g/mol. The van der Waals surface area contributed by atoms with Crippen molar-refractivity contribution in [2.45, 2.75) is 26.2 Å². The summed E-state index contributed by atoms with van der Waals surface area (Å²) in [5.74, 6) is 1.68. The molecule has 2 aromatic heterocycles. The Balaban J connectivity index is 2.17. The lowest BCUT2D eigenvalue weighted by molar-refractivity contribution is 0.548. The van der Waals surface area contributed by atoms with Gasteiger partial charge in [-0.25, -0.2) is 4.98 Å². The van der Waals surface area contributed by atoms with E-state index in [4.69, 9.17) is 0 Å². The zero-order chi connectivity index (χ0) is 13.6. The van der Waals surface area contributed by atoms with E-state index in [1.165, 1.54) is 10.9 Å². The van der Waals surface area contributed by atoms with Gasteiger partial charge < -0.3 is 4.57 Å². The minimum absolute atomic E-state index is 0.0180. The van der Waals surface area contributed by atoms with Crippen LogP contribution in [0.15, 0.2) is 30.5 Å². The summed E-state index contributed by atoms with van der Waals surface area (Å²) in [5, 5.41) is 8.60. The van der Waals surface area contributed by atoms with Gasteiger partial charge in [0.05, 0.1) is 0 Å². The molecule has 0 unspecified atom stereocenters. The predicted molar refractivity (Wildman–Crippen MR) is 77.0 cm³/mol. The van der Waals surface area contributed by atoms with E-state index in [0.29, 0.717) is 0 Å². The summed E-state index contributed by atoms with van der Waals surface area (Å²) in [7, 11) is 2.04. The Kier molecular flexibility index (Phi) is 2.49. The van der Waals surface area contributed by atoms with Crippen LogP contribution in [0.25, 0.3) is 22.3 Å². The second-order valence-corrected chi connectivity index (χ2v) is 5.93. The zero-order valence-electron chi connectivity index (χ0n) is 11.7. The maximum atomic E-state index is 4.64. The fourth-order valence-corrected chi connectivity index (χ4v) is 2.24. The first-order chi connectivity index (χ1) is 8.97. The van der Waals surface area contributed by atoms with Crippen molar-refractivity contribution < 1.29 is 0 Å². The van der Waals surface area contributed by atoms with Crippen molar-refractivity contribution in [1.82, 2.24) is 19.7 Å². The summed E-state index contributed by atoms with van der Waals surface area (Å²) in [6, 6.07) is 8.31. The molecule has 1 aromatic carbocycles. The Morgan fingerprint density at radius 1 is 1.16 bits per heavy atom. The molecule has 0 atom stereocenters. The van der Waals surface area contributed by atoms with E-state index in [2.05, 4.69) is 58.8 Å². The molecule has 19 heavy (non-hydrogen) atoms. The number of aryl methyl sites for hydroxylation is 1. The number of hydrogen-bond acceptors (Lipinski definition) is 2. The Bertz CT molecular complexity index is 728. The van der Waals surface area contributed by atoms with Gasteiger partial charge in [-0.3, -0.25) is 5.10 Å². The standard InChI is InChI=1S/C15H18N4/c1-15(2,3)14-16-13(17-18-14)11-9-19(4)12-8-6-5-7-10(11)12/h5-9H,1-4H3,(H,16,17,18). The number of aromatic nitrogens is 4. The van der Waals surface area contributed by atoms with Crippen molar-refractivity contribution in [2.75, 3.05) is 0 Å². The van der Waals surface area contributed by atoms with E-state index in [0.717, 1.165) is 17.2 Å². The molecule has 1 N–H and O–H groups in total. The number of hydrogen-bond donors (Lipinski definition) is 1. The molecule has 0 amide bonds. The maximum absolute atomic E-state index is 4.64. The van der Waals surface area contributed by atoms with E-state index in [1.807, 2.05) is 19.2 Å². The van der Waals surface area contributed by atoms with Crippen LogP contribution >= 0.6 is 0 Å². The monoisotopic (exact) mass is 254 g/mol. The summed E-state index contributed by atoms with van der Waals surface area (Å²) in [4.78, 5) is 4.64. The number of para-hydroxylation sites is 1. The topological polar surface area (TPSA) is 46.5 Å². The van der Waals surface area contributed by atoms with Crippen molar-refractivity contribution in [2.24, 2.45) is 7.05 Å². The second kappa shape index (κ2) is 3.95. The molecule has 0 spiro atoms. The van der Waals surface area contributed by atoms with Crippen LogP contribution in [0.4, 0.5) is 0 Å². The third-order valence-corrected chi connectivity index (χ3v) is 3.33. The molecule has 4 heteroatoms. The summed E-state index contributed by atoms with van der Waals surface area (Å²) >= 11 is 0. The highest BCUT2D eigenvalue weighted by atomic mass is 15.2. The molecule has 2 heterocycles. The van der Waals surface area contributed by atoms with Crippen molar-refractivity contribution in [3.8, 4) is 11.4 Å². The van der Waals surface area contributed by atoms with Gasteiger partial charge in [0.1, 0.15) is 5.82 Å². The molecule has 4 nitrogen and oxygen atoms in total. The molecule has 0 saturated carbocycles. The van der Waals surface area contributed by atoms with Crippen LogP contribution in [0, 0.1) is 0 Å². The van der Waals surface area contributed by atoms with Crippen LogP contribution < -0.4 is 0 Å². The van der Waals surface area contributed by atoms with Crippen LogP contribution in [0.1, 0.15) is 26.6 Å². The fraction of sp³-hybridized carbons (Fsp3) is 0.333. The van der Waals surface area contributed by atoms with Crippen LogP contribution in [0.3, 0.4) is 0 Å². The van der Waals surface area contributed by atoms with Crippen LogP contribution in [0.5, 0.6) is 0 Å². The fourth-order valence-electron chi connectivity index (χ4n) is 2.24. The van der Waals surface area contributed by atoms with Crippen molar-refractivity contribution >= 4 is 10.9 Å². The van der Waals surface area contributed by atoms with Crippen molar-refractivity contribution in [3.63, 3.8) is 0 Å². The number of rotatable bonds is 1. The average Bonchev–Trinajstić information content (AvgIpc) is 2.94. The Hall–Kier alpha value is -2.10. The number of fused-ring (bicyclic) bond motifs is 1. The minimum atomic E-state index is -0.0180. The lowest BCUT2D eigenvalue weighted by Gasteiger charge is -2.12. The number of aromatic amines is 1. The normalized spacial score (nSPS) is 12.2. The van der Waals surface area contributed by atoms with Gasteiger partial charge in [-0.1, -0.05) is 39.0 Å². The van der Waals surface area contributed by atoms with Gasteiger partial charge in [0, 0.05) is 35.1 Å². The summed E-state index contributed by atoms with van der Waals surface area (Å²) in [6.07, 6.45) is 2.08. The Labute approximate surface area is 112 Å².